The largest absolute Gasteiger partial charge is 0.335 e. The molecule has 3 aromatic rings. The highest BCUT2D eigenvalue weighted by atomic mass is 19.1. The second-order valence-electron chi connectivity index (χ2n) is 6.19. The molecule has 26 heavy (non-hydrogen) atoms. The van der Waals surface area contributed by atoms with Crippen LogP contribution in [-0.4, -0.2) is 48.8 Å². The molecule has 1 aliphatic rings. The number of hydrogen-bond donors (Lipinski definition) is 0. The summed E-state index contributed by atoms with van der Waals surface area (Å²) >= 11 is 0. The summed E-state index contributed by atoms with van der Waals surface area (Å²) in [7, 11) is 0. The van der Waals surface area contributed by atoms with Crippen LogP contribution in [0.3, 0.4) is 0 Å². The lowest BCUT2D eigenvalue weighted by Gasteiger charge is -2.17. The Balaban J connectivity index is 1.52. The summed E-state index contributed by atoms with van der Waals surface area (Å²) in [6, 6.07) is 3.41. The zero-order chi connectivity index (χ0) is 18.1. The number of pyridine rings is 1. The van der Waals surface area contributed by atoms with Crippen molar-refractivity contribution in [1.29, 1.82) is 0 Å². The summed E-state index contributed by atoms with van der Waals surface area (Å²) < 4.78 is 22.2. The number of aromatic nitrogens is 5. The van der Waals surface area contributed by atoms with Gasteiger partial charge in [0, 0.05) is 43.7 Å². The van der Waals surface area contributed by atoms with Crippen LogP contribution in [0.15, 0.2) is 41.4 Å². The van der Waals surface area contributed by atoms with E-state index in [1.807, 2.05) is 6.92 Å². The molecular weight excluding hydrogens is 339 g/mol. The van der Waals surface area contributed by atoms with Crippen molar-refractivity contribution in [2.75, 3.05) is 13.1 Å². The van der Waals surface area contributed by atoms with Crippen LogP contribution in [0.1, 0.15) is 29.5 Å². The molecule has 4 heterocycles. The number of aryl methyl sites for hydroxylation is 1. The highest BCUT2D eigenvalue weighted by molar-refractivity contribution is 5.94. The molecule has 1 fully saturated rings. The Labute approximate surface area is 148 Å². The zero-order valence-electron chi connectivity index (χ0n) is 14.2. The lowest BCUT2D eigenvalue weighted by atomic mass is 10.1. The molecular formula is C17H17FN6O2. The number of halogens is 1. The van der Waals surface area contributed by atoms with Gasteiger partial charge in [0.25, 0.3) is 11.8 Å². The summed E-state index contributed by atoms with van der Waals surface area (Å²) in [6.45, 7) is 2.77. The second-order valence-corrected chi connectivity index (χ2v) is 6.19. The molecule has 0 aliphatic carbocycles. The van der Waals surface area contributed by atoms with E-state index in [2.05, 4.69) is 20.2 Å². The number of nitrogens with zero attached hydrogens (tertiary/aromatic N) is 6. The molecule has 0 bridgehead atoms. The Kier molecular flexibility index (Phi) is 3.98. The molecule has 0 N–H and O–H groups in total. The van der Waals surface area contributed by atoms with Crippen molar-refractivity contribution in [3.05, 3.63) is 48.3 Å². The molecule has 8 nitrogen and oxygen atoms in total. The van der Waals surface area contributed by atoms with Gasteiger partial charge in [-0.15, -0.1) is 0 Å². The predicted molar refractivity (Wildman–Crippen MR) is 88.7 cm³/mol. The Morgan fingerprint density at radius 2 is 2.19 bits per heavy atom. The van der Waals surface area contributed by atoms with Crippen LogP contribution < -0.4 is 0 Å². The zero-order valence-corrected chi connectivity index (χ0v) is 14.2. The number of hydrogen-bond acceptors (Lipinski definition) is 6. The van der Waals surface area contributed by atoms with E-state index in [0.717, 1.165) is 0 Å². The normalized spacial score (nSPS) is 19.8. The third-order valence-electron chi connectivity index (χ3n) is 4.46. The topological polar surface area (TPSA) is 89.9 Å². The van der Waals surface area contributed by atoms with Gasteiger partial charge in [0.05, 0.1) is 18.3 Å². The molecule has 3 aromatic heterocycles. The molecule has 4 rings (SSSR count). The van der Waals surface area contributed by atoms with Crippen molar-refractivity contribution in [3.63, 3.8) is 0 Å². The summed E-state index contributed by atoms with van der Waals surface area (Å²) in [5.41, 5.74) is -0.715. The third-order valence-corrected chi connectivity index (χ3v) is 4.46. The summed E-state index contributed by atoms with van der Waals surface area (Å²) in [6.07, 6.45) is 6.47. The van der Waals surface area contributed by atoms with Crippen molar-refractivity contribution >= 4 is 5.91 Å². The molecule has 0 radical (unpaired) electrons. The fourth-order valence-corrected chi connectivity index (χ4v) is 2.98. The molecule has 0 spiro atoms. The number of carbonyl (C=O) groups excluding carboxylic acids is 1. The third kappa shape index (κ3) is 2.85. The maximum atomic E-state index is 15.4. The molecule has 9 heteroatoms. The van der Waals surface area contributed by atoms with E-state index in [9.17, 15) is 4.79 Å². The predicted octanol–water partition coefficient (Wildman–Crippen LogP) is 2.06. The number of alkyl halides is 1. The van der Waals surface area contributed by atoms with Gasteiger partial charge in [-0.1, -0.05) is 5.16 Å². The van der Waals surface area contributed by atoms with Gasteiger partial charge in [0.1, 0.15) is 0 Å². The van der Waals surface area contributed by atoms with Crippen LogP contribution in [0.5, 0.6) is 0 Å². The Bertz CT molecular complexity index is 924. The standard InChI is InChI=1S/C17H17FN6O2/c1-2-24-10-13(9-20-24)15(25)23-8-5-17(18,11-23)16-21-14(26-22-16)12-3-6-19-7-4-12/h3-4,6-7,9-10H,2,5,8,11H2,1H3. The molecule has 0 aromatic carbocycles. The monoisotopic (exact) mass is 356 g/mol. The lowest BCUT2D eigenvalue weighted by molar-refractivity contribution is 0.0743. The van der Waals surface area contributed by atoms with Gasteiger partial charge in [-0.2, -0.15) is 10.1 Å². The fraction of sp³-hybridized carbons (Fsp3) is 0.353. The van der Waals surface area contributed by atoms with Crippen molar-refractivity contribution < 1.29 is 13.7 Å². The lowest BCUT2D eigenvalue weighted by Crippen LogP contribution is -2.32. The molecule has 0 saturated carbocycles. The van der Waals surface area contributed by atoms with E-state index >= 15 is 4.39 Å². The molecule has 1 atom stereocenters. The van der Waals surface area contributed by atoms with Gasteiger partial charge in [0.15, 0.2) is 5.67 Å². The van der Waals surface area contributed by atoms with Crippen molar-refractivity contribution in [2.24, 2.45) is 0 Å². The SMILES string of the molecule is CCn1cc(C(=O)N2CCC(F)(c3noc(-c4ccncc4)n3)C2)cn1. The first-order valence-corrected chi connectivity index (χ1v) is 8.34. The average Bonchev–Trinajstić information content (AvgIpc) is 3.41. The number of rotatable bonds is 4. The Morgan fingerprint density at radius 1 is 1.38 bits per heavy atom. The van der Waals surface area contributed by atoms with Crippen molar-refractivity contribution in [2.45, 2.75) is 25.6 Å². The van der Waals surface area contributed by atoms with Crippen molar-refractivity contribution in [3.8, 4) is 11.5 Å². The first-order chi connectivity index (χ1) is 12.6. The van der Waals surface area contributed by atoms with Gasteiger partial charge in [0.2, 0.25) is 5.82 Å². The van der Waals surface area contributed by atoms with Crippen LogP contribution in [-0.2, 0) is 12.2 Å². The summed E-state index contributed by atoms with van der Waals surface area (Å²) in [4.78, 5) is 22.1. The Morgan fingerprint density at radius 3 is 2.92 bits per heavy atom. The summed E-state index contributed by atoms with van der Waals surface area (Å²) in [5.74, 6) is -0.0561. The van der Waals surface area contributed by atoms with Crippen LogP contribution in [0, 0.1) is 0 Å². The minimum atomic E-state index is -1.83. The van der Waals surface area contributed by atoms with E-state index in [0.29, 0.717) is 17.7 Å². The first kappa shape index (κ1) is 16.4. The maximum Gasteiger partial charge on any atom is 0.258 e. The number of carbonyl (C=O) groups is 1. The maximum absolute atomic E-state index is 15.4. The van der Waals surface area contributed by atoms with E-state index < -0.39 is 5.67 Å². The van der Waals surface area contributed by atoms with Gasteiger partial charge in [-0.3, -0.25) is 14.5 Å². The highest BCUT2D eigenvalue weighted by Gasteiger charge is 2.46. The van der Waals surface area contributed by atoms with E-state index in [1.165, 1.54) is 11.1 Å². The smallest absolute Gasteiger partial charge is 0.258 e. The van der Waals surface area contributed by atoms with Gasteiger partial charge in [-0.05, 0) is 19.1 Å². The van der Waals surface area contributed by atoms with Gasteiger partial charge >= 0.3 is 0 Å². The van der Waals surface area contributed by atoms with Gasteiger partial charge < -0.3 is 9.42 Å². The van der Waals surface area contributed by atoms with Crippen LogP contribution in [0.25, 0.3) is 11.5 Å². The summed E-state index contributed by atoms with van der Waals surface area (Å²) in [5, 5.41) is 7.88. The van der Waals surface area contributed by atoms with E-state index in [4.69, 9.17) is 4.52 Å². The molecule has 1 aliphatic heterocycles. The average molecular weight is 356 g/mol. The first-order valence-electron chi connectivity index (χ1n) is 8.34. The second kappa shape index (κ2) is 6.32. The van der Waals surface area contributed by atoms with E-state index in [-0.39, 0.29) is 37.1 Å². The molecule has 134 valence electrons. The van der Waals surface area contributed by atoms with Crippen LogP contribution >= 0.6 is 0 Å². The van der Waals surface area contributed by atoms with Crippen molar-refractivity contribution in [1.82, 2.24) is 29.8 Å². The number of likely N-dealkylation sites (tertiary alicyclic amines) is 1. The molecule has 1 saturated heterocycles. The minimum absolute atomic E-state index is 0.0381. The number of amides is 1. The van der Waals surface area contributed by atoms with E-state index in [1.54, 1.807) is 35.4 Å². The Hall–Kier alpha value is -3.10. The van der Waals surface area contributed by atoms with Crippen LogP contribution in [0.4, 0.5) is 4.39 Å². The fourth-order valence-electron chi connectivity index (χ4n) is 2.98. The highest BCUT2D eigenvalue weighted by Crippen LogP contribution is 2.35. The minimum Gasteiger partial charge on any atom is -0.335 e. The molecule has 1 unspecified atom stereocenters. The van der Waals surface area contributed by atoms with Gasteiger partial charge in [-0.25, -0.2) is 4.39 Å². The van der Waals surface area contributed by atoms with Crippen LogP contribution in [0.2, 0.25) is 0 Å². The molecule has 1 amide bonds. The quantitative estimate of drug-likeness (QED) is 0.711.